The minimum Gasteiger partial charge on any atom is -0.355 e. The van der Waals surface area contributed by atoms with E-state index < -0.39 is 96.0 Å². The minimum atomic E-state index is -1.06. The number of carbonyl (C=O) groups is 10. The van der Waals surface area contributed by atoms with Gasteiger partial charge in [-0.05, 0) is 44.9 Å². The SMILES string of the molecule is CCCCC[C@H](NC(=O)CNC(C)=O)C(=O)N[C@@H](CCCCC)C(=O)N[C@@H](CCCCC)C(=O)NCC(=O)N[C@@H](CCCCC)C(=O)N[C@@H](CCCCC)C(=O)N[C@@H](CCCCC)C(=O)NCC(=O)NCCC.[3H]F.[3H]F. The van der Waals surface area contributed by atoms with Crippen molar-refractivity contribution >= 4 is 59.1 Å². The Kier molecular flexibility index (Phi) is 43.6. The molecule has 0 unspecified atom stereocenters. The van der Waals surface area contributed by atoms with E-state index in [0.717, 1.165) is 83.5 Å². The van der Waals surface area contributed by atoms with E-state index in [2.05, 4.69) is 56.1 Å². The summed E-state index contributed by atoms with van der Waals surface area (Å²) < 4.78 is 26.0. The summed E-state index contributed by atoms with van der Waals surface area (Å²) in [5, 5.41) is 27.1. The molecule has 0 spiro atoms. The van der Waals surface area contributed by atoms with Crippen LogP contribution in [0.25, 0.3) is 0 Å². The summed E-state index contributed by atoms with van der Waals surface area (Å²) in [5.74, 6) is -5.36. The molecular weight excluding hydrogens is 975 g/mol. The lowest BCUT2D eigenvalue weighted by molar-refractivity contribution is -0.135. The third-order valence-corrected chi connectivity index (χ3v) is 12.3. The molecule has 0 bridgehead atoms. The van der Waals surface area contributed by atoms with Gasteiger partial charge in [-0.25, -0.2) is 0 Å². The molecule has 0 saturated carbocycles. The molecule has 0 aromatic heterocycles. The second kappa shape index (κ2) is 47.0. The van der Waals surface area contributed by atoms with Crippen LogP contribution in [0.1, 0.15) is 216 Å². The standard InChI is InChI=1S/C53H98N10O10.2FH/c1-9-16-22-28-39(48(68)56-35-45(65)54-34-15-7)60-52(72)43(32-26-20-13-5)63-51(71)42(31-25-19-12-4)59-47(67)37-57-49(69)40(29-23-17-10-2)61-53(73)44(33-27-21-14-6)62-50(70)41(30-24-18-11-3)58-46(66)36-55-38(8)64;;/h39-44H,9-37H2,1-8H3,(H,54,65)(H,55,64)(H,56,68)(H,57,69)(H,58,66)(H,59,67)(H,60,72)(H,61,73)(H,62,70)(H,63,71);2*1H/t39-,40-,41-,42-,43-,44-;;/m0../s1/i/hT2. The molecule has 22 heteroatoms. The summed E-state index contributed by atoms with van der Waals surface area (Å²) in [6.07, 6.45) is 16.0. The Bertz CT molecular complexity index is 1680. The van der Waals surface area contributed by atoms with Crippen molar-refractivity contribution in [2.75, 3.05) is 26.2 Å². The maximum Gasteiger partial charge on any atom is 0.269 e. The fourth-order valence-corrected chi connectivity index (χ4v) is 7.90. The van der Waals surface area contributed by atoms with Crippen LogP contribution in [0.4, 0.5) is 9.44 Å². The molecule has 0 saturated heterocycles. The predicted octanol–water partition coefficient (Wildman–Crippen LogP) is 4.58. The van der Waals surface area contributed by atoms with Crippen LogP contribution >= 0.6 is 0 Å². The van der Waals surface area contributed by atoms with Gasteiger partial charge in [-0.3, -0.25) is 57.4 Å². The van der Waals surface area contributed by atoms with Crippen molar-refractivity contribution < 1.29 is 57.4 Å². The Balaban J connectivity index is -0.0000133. The van der Waals surface area contributed by atoms with Crippen molar-refractivity contribution in [2.24, 2.45) is 0 Å². The zero-order valence-electron chi connectivity index (χ0n) is 48.8. The van der Waals surface area contributed by atoms with Gasteiger partial charge in [0.25, 0.3) is 2.90 Å². The van der Waals surface area contributed by atoms with Gasteiger partial charge >= 0.3 is 0 Å². The Morgan fingerprint density at radius 2 is 0.547 bits per heavy atom. The van der Waals surface area contributed by atoms with E-state index in [1.165, 1.54) is 6.92 Å². The van der Waals surface area contributed by atoms with E-state index in [1.54, 1.807) is 0 Å². The van der Waals surface area contributed by atoms with Gasteiger partial charge in [0.05, 0.1) is 19.6 Å². The van der Waals surface area contributed by atoms with Crippen LogP contribution in [0, 0.1) is 0 Å². The van der Waals surface area contributed by atoms with Crippen LogP contribution < -0.4 is 53.2 Å². The van der Waals surface area contributed by atoms with Gasteiger partial charge in [0.2, 0.25) is 59.1 Å². The highest BCUT2D eigenvalue weighted by Crippen LogP contribution is 2.12. The number of carbonyl (C=O) groups excluding carboxylic acids is 10. The molecular formula is C53H100F2N10O10. The number of unbranched alkanes of at least 4 members (excludes halogenated alkanes) is 12. The van der Waals surface area contributed by atoms with E-state index in [9.17, 15) is 47.9 Å². The molecule has 75 heavy (non-hydrogen) atoms. The maximum absolute atomic E-state index is 14.0. The molecule has 0 fully saturated rings. The number of nitrogens with one attached hydrogen (secondary N) is 10. The van der Waals surface area contributed by atoms with Crippen molar-refractivity contribution in [3.8, 4) is 0 Å². The predicted molar refractivity (Wildman–Crippen MR) is 289 cm³/mol. The molecule has 436 valence electrons. The van der Waals surface area contributed by atoms with Crippen molar-refractivity contribution in [1.82, 2.24) is 53.2 Å². The Morgan fingerprint density at radius 1 is 0.307 bits per heavy atom. The summed E-state index contributed by atoms with van der Waals surface area (Å²) in [7, 11) is 0. The Labute approximate surface area is 449 Å². The first-order valence-electron chi connectivity index (χ1n) is 28.6. The monoisotopic (exact) mass is 1080 g/mol. The molecule has 0 aliphatic carbocycles. The molecule has 20 nitrogen and oxygen atoms in total. The quantitative estimate of drug-likeness (QED) is 0.0379. The summed E-state index contributed by atoms with van der Waals surface area (Å²) in [6, 6.07) is -6.08. The highest BCUT2D eigenvalue weighted by Gasteiger charge is 2.32. The topological polar surface area (TPSA) is 291 Å². The highest BCUT2D eigenvalue weighted by atomic mass is 19.0. The number of rotatable bonds is 44. The Morgan fingerprint density at radius 3 is 0.800 bits per heavy atom. The van der Waals surface area contributed by atoms with E-state index in [0.29, 0.717) is 57.9 Å². The second-order valence-electron chi connectivity index (χ2n) is 19.2. The summed E-state index contributed by atoms with van der Waals surface area (Å²) >= 11 is 0. The van der Waals surface area contributed by atoms with E-state index in [-0.39, 0.29) is 44.7 Å². The average molecular weight is 1080 g/mol. The number of amides is 10. The molecule has 0 aromatic rings. The van der Waals surface area contributed by atoms with Crippen LogP contribution in [0.15, 0.2) is 0 Å². The molecule has 10 amide bonds. The first kappa shape index (κ1) is 69.6. The summed E-state index contributed by atoms with van der Waals surface area (Å²) in [4.78, 5) is 133. The molecule has 0 radical (unpaired) electrons. The van der Waals surface area contributed by atoms with Gasteiger partial charge in [-0.15, -0.1) is 0 Å². The largest absolute Gasteiger partial charge is 0.355 e. The van der Waals surface area contributed by atoms with Gasteiger partial charge < -0.3 is 53.2 Å². The zero-order valence-corrected chi connectivity index (χ0v) is 46.8. The fraction of sp³-hybridized carbons (Fsp3) is 0.811. The molecule has 0 aromatic carbocycles. The number of hydrogen-bond donors (Lipinski definition) is 10. The fourth-order valence-electron chi connectivity index (χ4n) is 7.90. The third-order valence-electron chi connectivity index (χ3n) is 12.3. The molecule has 6 atom stereocenters. The van der Waals surface area contributed by atoms with Crippen LogP contribution in [0.2, 0.25) is 0 Å². The lowest BCUT2D eigenvalue weighted by Crippen LogP contribution is -2.58. The van der Waals surface area contributed by atoms with E-state index >= 15 is 0 Å². The van der Waals surface area contributed by atoms with E-state index in [1.807, 2.05) is 48.5 Å². The van der Waals surface area contributed by atoms with Gasteiger partial charge in [-0.2, -0.15) is 0 Å². The molecule has 0 aliphatic rings. The van der Waals surface area contributed by atoms with Crippen molar-refractivity contribution in [1.29, 1.82) is 2.90 Å². The average Bonchev–Trinajstić information content (AvgIpc) is 3.42. The molecule has 0 heterocycles. The summed E-state index contributed by atoms with van der Waals surface area (Å²) in [6.45, 7) is 14.7. The van der Waals surface area contributed by atoms with Crippen LogP contribution in [0.5, 0.6) is 0 Å². The van der Waals surface area contributed by atoms with Crippen molar-refractivity contribution in [3.63, 3.8) is 0 Å². The normalized spacial score (nSPS) is 13.2. The molecule has 0 rings (SSSR count). The lowest BCUT2D eigenvalue weighted by Gasteiger charge is -2.26. The lowest BCUT2D eigenvalue weighted by atomic mass is 10.0. The number of hydrogen-bond acceptors (Lipinski definition) is 10. The van der Waals surface area contributed by atoms with Crippen molar-refractivity contribution in [2.45, 2.75) is 252 Å². The Hall–Kier alpha value is -5.44. The summed E-state index contributed by atoms with van der Waals surface area (Å²) in [5.41, 5.74) is 0. The first-order chi connectivity index (χ1) is 37.0. The van der Waals surface area contributed by atoms with Crippen LogP contribution in [-0.2, 0) is 47.9 Å². The highest BCUT2D eigenvalue weighted by molar-refractivity contribution is 5.97. The minimum absolute atomic E-state index is 0.240. The first-order valence-corrected chi connectivity index (χ1v) is 27.9. The van der Waals surface area contributed by atoms with Crippen LogP contribution in [0.3, 0.4) is 0 Å². The zero-order chi connectivity index (χ0) is 58.8. The van der Waals surface area contributed by atoms with Gasteiger partial charge in [0.1, 0.15) is 36.3 Å². The van der Waals surface area contributed by atoms with E-state index in [4.69, 9.17) is 9.44 Å². The third kappa shape index (κ3) is 36.2. The van der Waals surface area contributed by atoms with Crippen LogP contribution in [-0.4, -0.2) is 124 Å². The molecule has 0 aliphatic heterocycles. The van der Waals surface area contributed by atoms with Gasteiger partial charge in [-0.1, -0.05) is 164 Å². The van der Waals surface area contributed by atoms with Gasteiger partial charge in [0, 0.05) is 13.5 Å². The van der Waals surface area contributed by atoms with Gasteiger partial charge in [0.15, 0.2) is 0 Å². The number of halogens is 2. The second-order valence-corrected chi connectivity index (χ2v) is 19.2. The maximum atomic E-state index is 14.0. The van der Waals surface area contributed by atoms with Crippen molar-refractivity contribution in [3.05, 3.63) is 0 Å². The smallest absolute Gasteiger partial charge is 0.269 e. The molecule has 10 N–H and O–H groups in total.